The second-order valence-electron chi connectivity index (χ2n) is 2.50. The van der Waals surface area contributed by atoms with Crippen molar-refractivity contribution < 1.29 is 14.6 Å². The van der Waals surface area contributed by atoms with E-state index in [2.05, 4.69) is 0 Å². The summed E-state index contributed by atoms with van der Waals surface area (Å²) in [5, 5.41) is 8.53. The van der Waals surface area contributed by atoms with E-state index in [4.69, 9.17) is 9.84 Å². The fraction of sp³-hybridized carbons (Fsp3) is 0.200. The highest BCUT2D eigenvalue weighted by Gasteiger charge is 2.10. The Labute approximate surface area is 77.0 Å². The highest BCUT2D eigenvalue weighted by Crippen LogP contribution is 2.13. The molecular weight excluding hydrogens is 168 g/mol. The van der Waals surface area contributed by atoms with Gasteiger partial charge in [0.05, 0.1) is 13.7 Å². The fourth-order valence-electron chi connectivity index (χ4n) is 0.977. The van der Waals surface area contributed by atoms with Gasteiger partial charge >= 0.3 is 0 Å². The molecule has 0 fully saturated rings. The van der Waals surface area contributed by atoms with Crippen LogP contribution in [-0.4, -0.2) is 24.6 Å². The molecule has 1 aliphatic carbocycles. The van der Waals surface area contributed by atoms with Gasteiger partial charge in [0.2, 0.25) is 5.78 Å². The van der Waals surface area contributed by atoms with Gasteiger partial charge in [-0.2, -0.15) is 0 Å². The topological polar surface area (TPSA) is 46.5 Å². The molecule has 0 saturated carbocycles. The molecule has 0 saturated heterocycles. The summed E-state index contributed by atoms with van der Waals surface area (Å²) in [5.41, 5.74) is 0.838. The monoisotopic (exact) mass is 179 g/mol. The lowest BCUT2D eigenvalue weighted by atomic mass is 10.1. The van der Waals surface area contributed by atoms with Crippen LogP contribution in [0.4, 0.5) is 0 Å². The van der Waals surface area contributed by atoms with Crippen molar-refractivity contribution >= 4 is 5.78 Å². The molecule has 13 heavy (non-hydrogen) atoms. The minimum atomic E-state index is -0.136. The molecular formula is C10H11O3. The highest BCUT2D eigenvalue weighted by molar-refractivity contribution is 6.04. The maximum Gasteiger partial charge on any atom is 0.220 e. The van der Waals surface area contributed by atoms with E-state index >= 15 is 0 Å². The SMILES string of the molecule is COC1=C/C(=C\[CH]CO)C=CC1=O. The van der Waals surface area contributed by atoms with Crippen LogP contribution in [0, 0.1) is 6.42 Å². The Morgan fingerprint density at radius 1 is 1.54 bits per heavy atom. The van der Waals surface area contributed by atoms with E-state index in [1.807, 2.05) is 0 Å². The number of methoxy groups -OCH3 is 1. The van der Waals surface area contributed by atoms with Gasteiger partial charge in [-0.05, 0) is 17.7 Å². The van der Waals surface area contributed by atoms with Crippen molar-refractivity contribution in [1.82, 2.24) is 0 Å². The third kappa shape index (κ3) is 2.56. The molecule has 3 nitrogen and oxygen atoms in total. The van der Waals surface area contributed by atoms with E-state index in [-0.39, 0.29) is 12.4 Å². The molecule has 1 N–H and O–H groups in total. The van der Waals surface area contributed by atoms with E-state index in [1.165, 1.54) is 13.2 Å². The zero-order valence-electron chi connectivity index (χ0n) is 7.36. The van der Waals surface area contributed by atoms with Crippen LogP contribution in [0.1, 0.15) is 0 Å². The van der Waals surface area contributed by atoms with Crippen molar-refractivity contribution in [2.24, 2.45) is 0 Å². The van der Waals surface area contributed by atoms with Crippen LogP contribution >= 0.6 is 0 Å². The molecule has 0 aliphatic heterocycles. The van der Waals surface area contributed by atoms with Crippen LogP contribution in [0.15, 0.2) is 35.6 Å². The Balaban J connectivity index is 2.76. The highest BCUT2D eigenvalue weighted by atomic mass is 16.5. The Bertz CT molecular complexity index is 285. The van der Waals surface area contributed by atoms with Gasteiger partial charge in [0.25, 0.3) is 0 Å². The van der Waals surface area contributed by atoms with Gasteiger partial charge in [0, 0.05) is 6.42 Å². The van der Waals surface area contributed by atoms with E-state index in [0.717, 1.165) is 5.57 Å². The molecule has 0 atom stereocenters. The number of rotatable bonds is 3. The maximum atomic E-state index is 11.1. The number of ether oxygens (including phenoxy) is 1. The Kier molecular flexibility index (Phi) is 3.46. The predicted octanol–water partition coefficient (Wildman–Crippen LogP) is 0.779. The predicted molar refractivity (Wildman–Crippen MR) is 48.7 cm³/mol. The minimum absolute atomic E-state index is 0.0125. The van der Waals surface area contributed by atoms with Crippen LogP contribution in [0.5, 0.6) is 0 Å². The zero-order chi connectivity index (χ0) is 9.68. The number of hydrogen-bond acceptors (Lipinski definition) is 3. The van der Waals surface area contributed by atoms with Crippen LogP contribution < -0.4 is 0 Å². The lowest BCUT2D eigenvalue weighted by Gasteiger charge is -2.06. The molecule has 0 unspecified atom stereocenters. The first-order chi connectivity index (χ1) is 6.27. The first kappa shape index (κ1) is 9.74. The lowest BCUT2D eigenvalue weighted by Crippen LogP contribution is -2.04. The Morgan fingerprint density at radius 3 is 2.92 bits per heavy atom. The molecule has 0 aromatic rings. The van der Waals surface area contributed by atoms with Gasteiger partial charge in [-0.15, -0.1) is 0 Å². The van der Waals surface area contributed by atoms with Gasteiger partial charge in [-0.1, -0.05) is 12.2 Å². The number of allylic oxidation sites excluding steroid dienone is 4. The number of aliphatic hydroxyl groups is 1. The summed E-state index contributed by atoms with van der Waals surface area (Å²) in [5.74, 6) is 0.184. The number of aliphatic hydroxyl groups excluding tert-OH is 1. The molecule has 0 aromatic carbocycles. The third-order valence-electron chi connectivity index (χ3n) is 1.60. The summed E-state index contributed by atoms with van der Waals surface area (Å²) < 4.78 is 4.86. The number of carbonyl (C=O) groups is 1. The Hall–Kier alpha value is -1.35. The number of hydrogen-bond donors (Lipinski definition) is 1. The molecule has 69 valence electrons. The van der Waals surface area contributed by atoms with Crippen molar-refractivity contribution in [2.75, 3.05) is 13.7 Å². The largest absolute Gasteiger partial charge is 0.493 e. The molecule has 0 heterocycles. The summed E-state index contributed by atoms with van der Waals surface area (Å²) in [7, 11) is 1.45. The first-order valence-electron chi connectivity index (χ1n) is 3.90. The van der Waals surface area contributed by atoms with Crippen molar-refractivity contribution in [3.05, 3.63) is 42.1 Å². The standard InChI is InChI=1S/C10H11O3/c1-13-10-7-8(3-2-6-11)4-5-9(10)12/h2-5,7,11H,6H2,1H3/b8-3-. The second-order valence-corrected chi connectivity index (χ2v) is 2.50. The van der Waals surface area contributed by atoms with Gasteiger partial charge < -0.3 is 9.84 Å². The smallest absolute Gasteiger partial charge is 0.220 e. The van der Waals surface area contributed by atoms with Crippen LogP contribution in [-0.2, 0) is 9.53 Å². The van der Waals surface area contributed by atoms with E-state index in [9.17, 15) is 4.79 Å². The molecule has 1 aliphatic rings. The zero-order valence-corrected chi connectivity index (χ0v) is 7.36. The second kappa shape index (κ2) is 4.62. The van der Waals surface area contributed by atoms with Crippen LogP contribution in [0.2, 0.25) is 0 Å². The molecule has 1 radical (unpaired) electrons. The third-order valence-corrected chi connectivity index (χ3v) is 1.60. The van der Waals surface area contributed by atoms with E-state index < -0.39 is 0 Å². The quantitative estimate of drug-likeness (QED) is 0.696. The summed E-state index contributed by atoms with van der Waals surface area (Å²) >= 11 is 0. The van der Waals surface area contributed by atoms with Gasteiger partial charge in [-0.3, -0.25) is 4.79 Å². The fourth-order valence-corrected chi connectivity index (χ4v) is 0.977. The average molecular weight is 179 g/mol. The molecule has 0 bridgehead atoms. The van der Waals surface area contributed by atoms with Crippen molar-refractivity contribution in [2.45, 2.75) is 0 Å². The van der Waals surface area contributed by atoms with Gasteiger partial charge in [-0.25, -0.2) is 0 Å². The number of carbonyl (C=O) groups excluding carboxylic acids is 1. The summed E-state index contributed by atoms with van der Waals surface area (Å²) in [6, 6.07) is 0. The summed E-state index contributed by atoms with van der Waals surface area (Å²) in [4.78, 5) is 11.1. The summed E-state index contributed by atoms with van der Waals surface area (Å²) in [6.07, 6.45) is 8.07. The molecule has 3 heteroatoms. The average Bonchev–Trinajstić information content (AvgIpc) is 2.16. The molecule has 1 rings (SSSR count). The maximum absolute atomic E-state index is 11.1. The molecule has 0 amide bonds. The van der Waals surface area contributed by atoms with Crippen LogP contribution in [0.25, 0.3) is 0 Å². The molecule has 0 spiro atoms. The van der Waals surface area contributed by atoms with Gasteiger partial charge in [0.15, 0.2) is 5.76 Å². The van der Waals surface area contributed by atoms with Gasteiger partial charge in [0.1, 0.15) is 0 Å². The van der Waals surface area contributed by atoms with E-state index in [0.29, 0.717) is 5.76 Å². The normalized spacial score (nSPS) is 19.1. The number of ketones is 1. The van der Waals surface area contributed by atoms with E-state index in [1.54, 1.807) is 24.6 Å². The van der Waals surface area contributed by atoms with Crippen molar-refractivity contribution in [1.29, 1.82) is 0 Å². The first-order valence-corrected chi connectivity index (χ1v) is 3.90. The van der Waals surface area contributed by atoms with Crippen molar-refractivity contribution in [3.8, 4) is 0 Å². The minimum Gasteiger partial charge on any atom is -0.493 e. The molecule has 0 aromatic heterocycles. The summed E-state index contributed by atoms with van der Waals surface area (Å²) in [6.45, 7) is -0.0125. The van der Waals surface area contributed by atoms with Crippen molar-refractivity contribution in [3.63, 3.8) is 0 Å². The lowest BCUT2D eigenvalue weighted by molar-refractivity contribution is -0.114. The van der Waals surface area contributed by atoms with Crippen LogP contribution in [0.3, 0.4) is 0 Å². The Morgan fingerprint density at radius 2 is 2.31 bits per heavy atom.